The molecule has 0 spiro atoms. The first-order valence-corrected chi connectivity index (χ1v) is 9.29. The Morgan fingerprint density at radius 3 is 2.82 bits per heavy atom. The highest BCUT2D eigenvalue weighted by Crippen LogP contribution is 2.28. The number of aromatic nitrogens is 1. The lowest BCUT2D eigenvalue weighted by Gasteiger charge is -2.05. The first-order valence-electron chi connectivity index (χ1n) is 8.41. The zero-order chi connectivity index (χ0) is 19.9. The normalized spacial score (nSPS) is 10.9. The van der Waals surface area contributed by atoms with E-state index in [1.807, 2.05) is 31.2 Å². The second kappa shape index (κ2) is 8.79. The van der Waals surface area contributed by atoms with Gasteiger partial charge in [0.05, 0.1) is 17.2 Å². The van der Waals surface area contributed by atoms with E-state index in [1.54, 1.807) is 23.7 Å². The number of nitro benzene ring substituents is 1. The minimum absolute atomic E-state index is 0.000245. The molecule has 1 heterocycles. The van der Waals surface area contributed by atoms with Gasteiger partial charge in [-0.15, -0.1) is 11.3 Å². The number of thiazole rings is 1. The summed E-state index contributed by atoms with van der Waals surface area (Å²) in [6.45, 7) is 2.52. The number of nitriles is 1. The molecule has 0 amide bonds. The average Bonchev–Trinajstić information content (AvgIpc) is 3.20. The average molecular weight is 392 g/mol. The molecule has 8 heteroatoms. The summed E-state index contributed by atoms with van der Waals surface area (Å²) in [5.41, 5.74) is 2.40. The molecule has 0 aliphatic rings. The Hall–Kier alpha value is -3.70. The summed E-state index contributed by atoms with van der Waals surface area (Å²) < 4.78 is 5.40. The van der Waals surface area contributed by atoms with Crippen LogP contribution in [0.2, 0.25) is 0 Å². The van der Waals surface area contributed by atoms with Gasteiger partial charge in [-0.05, 0) is 31.2 Å². The third kappa shape index (κ3) is 4.52. The van der Waals surface area contributed by atoms with Crippen molar-refractivity contribution in [3.05, 3.63) is 75.2 Å². The topological polar surface area (TPSA) is 101 Å². The standard InChI is InChI=1S/C20H16N4O3S/c1-2-27-18-8-6-16(7-9-18)22-12-15(11-21)20-23-19(13-28-20)14-4-3-5-17(10-14)24(25)26/h3-10,12-13,22H,2H2,1H3/b15-12-. The predicted octanol–water partition coefficient (Wildman–Crippen LogP) is 5.09. The van der Waals surface area contributed by atoms with Crippen LogP contribution in [-0.2, 0) is 0 Å². The fourth-order valence-electron chi connectivity index (χ4n) is 2.42. The van der Waals surface area contributed by atoms with Crippen LogP contribution in [-0.4, -0.2) is 16.5 Å². The summed E-state index contributed by atoms with van der Waals surface area (Å²) in [4.78, 5) is 14.9. The van der Waals surface area contributed by atoms with E-state index in [1.165, 1.54) is 23.5 Å². The summed E-state index contributed by atoms with van der Waals surface area (Å²) in [6, 6.07) is 15.8. The molecule has 0 aliphatic heterocycles. The molecule has 0 atom stereocenters. The SMILES string of the molecule is CCOc1ccc(N/C=C(/C#N)c2nc(-c3cccc([N+](=O)[O-])c3)cs2)cc1. The van der Waals surface area contributed by atoms with Crippen molar-refractivity contribution in [1.29, 1.82) is 5.26 Å². The van der Waals surface area contributed by atoms with Gasteiger partial charge in [0.15, 0.2) is 0 Å². The number of rotatable bonds is 7. The van der Waals surface area contributed by atoms with E-state index in [2.05, 4.69) is 16.4 Å². The Morgan fingerprint density at radius 1 is 1.36 bits per heavy atom. The molecule has 28 heavy (non-hydrogen) atoms. The van der Waals surface area contributed by atoms with Crippen LogP contribution >= 0.6 is 11.3 Å². The monoisotopic (exact) mass is 392 g/mol. The maximum absolute atomic E-state index is 10.9. The number of nitrogens with one attached hydrogen (secondary N) is 1. The summed E-state index contributed by atoms with van der Waals surface area (Å²) >= 11 is 1.30. The summed E-state index contributed by atoms with van der Waals surface area (Å²) in [5.74, 6) is 0.777. The van der Waals surface area contributed by atoms with Crippen LogP contribution in [0.1, 0.15) is 11.9 Å². The molecule has 2 aromatic carbocycles. The second-order valence-corrected chi connectivity index (χ2v) is 6.47. The van der Waals surface area contributed by atoms with E-state index in [0.717, 1.165) is 11.4 Å². The van der Waals surface area contributed by atoms with E-state index >= 15 is 0 Å². The van der Waals surface area contributed by atoms with Crippen molar-refractivity contribution in [2.45, 2.75) is 6.92 Å². The van der Waals surface area contributed by atoms with Crippen LogP contribution in [0.25, 0.3) is 16.8 Å². The van der Waals surface area contributed by atoms with Crippen molar-refractivity contribution in [2.24, 2.45) is 0 Å². The van der Waals surface area contributed by atoms with Crippen molar-refractivity contribution >= 4 is 28.3 Å². The molecule has 7 nitrogen and oxygen atoms in total. The third-order valence-corrected chi connectivity index (χ3v) is 4.63. The Morgan fingerprint density at radius 2 is 2.14 bits per heavy atom. The lowest BCUT2D eigenvalue weighted by molar-refractivity contribution is -0.384. The molecule has 0 saturated carbocycles. The molecule has 3 rings (SSSR count). The predicted molar refractivity (Wildman–Crippen MR) is 109 cm³/mol. The second-order valence-electron chi connectivity index (χ2n) is 5.62. The summed E-state index contributed by atoms with van der Waals surface area (Å²) in [5, 5.41) is 25.8. The highest BCUT2D eigenvalue weighted by atomic mass is 32.1. The Labute approximate surface area is 165 Å². The minimum atomic E-state index is -0.446. The Bertz CT molecular complexity index is 1050. The van der Waals surface area contributed by atoms with Gasteiger partial charge in [0.1, 0.15) is 22.4 Å². The number of nitrogens with zero attached hydrogens (tertiary/aromatic N) is 3. The van der Waals surface area contributed by atoms with Crippen molar-refractivity contribution < 1.29 is 9.66 Å². The van der Waals surface area contributed by atoms with Gasteiger partial charge in [-0.1, -0.05) is 12.1 Å². The van der Waals surface area contributed by atoms with Gasteiger partial charge < -0.3 is 10.1 Å². The van der Waals surface area contributed by atoms with E-state index < -0.39 is 4.92 Å². The molecular weight excluding hydrogens is 376 g/mol. The van der Waals surface area contributed by atoms with Gasteiger partial charge in [-0.2, -0.15) is 5.26 Å². The van der Waals surface area contributed by atoms with Crippen molar-refractivity contribution in [2.75, 3.05) is 11.9 Å². The van der Waals surface area contributed by atoms with E-state index in [-0.39, 0.29) is 5.69 Å². The summed E-state index contributed by atoms with van der Waals surface area (Å²) in [7, 11) is 0. The first-order chi connectivity index (χ1) is 13.6. The maximum Gasteiger partial charge on any atom is 0.270 e. The number of anilines is 1. The van der Waals surface area contributed by atoms with Crippen LogP contribution in [0.15, 0.2) is 60.1 Å². The maximum atomic E-state index is 10.9. The third-order valence-electron chi connectivity index (χ3n) is 3.76. The van der Waals surface area contributed by atoms with Gasteiger partial charge in [-0.25, -0.2) is 4.98 Å². The lowest BCUT2D eigenvalue weighted by Crippen LogP contribution is -1.93. The van der Waals surface area contributed by atoms with Gasteiger partial charge >= 0.3 is 0 Å². The smallest absolute Gasteiger partial charge is 0.270 e. The van der Waals surface area contributed by atoms with E-state index in [4.69, 9.17) is 4.74 Å². The Kier molecular flexibility index (Phi) is 5.99. The largest absolute Gasteiger partial charge is 0.494 e. The van der Waals surface area contributed by atoms with Crippen molar-refractivity contribution in [3.63, 3.8) is 0 Å². The van der Waals surface area contributed by atoms with Crippen molar-refractivity contribution in [1.82, 2.24) is 4.98 Å². The fourth-order valence-corrected chi connectivity index (χ4v) is 3.21. The van der Waals surface area contributed by atoms with Crippen LogP contribution in [0.4, 0.5) is 11.4 Å². The van der Waals surface area contributed by atoms with Crippen LogP contribution in [0.3, 0.4) is 0 Å². The van der Waals surface area contributed by atoms with Gasteiger partial charge in [0, 0.05) is 35.0 Å². The molecule has 0 bridgehead atoms. The molecular formula is C20H16N4O3S. The quantitative estimate of drug-likeness (QED) is 0.341. The Balaban J connectivity index is 1.78. The minimum Gasteiger partial charge on any atom is -0.494 e. The fraction of sp³-hybridized carbons (Fsp3) is 0.100. The summed E-state index contributed by atoms with van der Waals surface area (Å²) in [6.07, 6.45) is 1.59. The zero-order valence-corrected chi connectivity index (χ0v) is 15.8. The molecule has 0 saturated heterocycles. The van der Waals surface area contributed by atoms with E-state index in [0.29, 0.717) is 28.4 Å². The number of nitro groups is 1. The highest BCUT2D eigenvalue weighted by molar-refractivity contribution is 7.11. The van der Waals surface area contributed by atoms with Crippen LogP contribution in [0, 0.1) is 21.4 Å². The van der Waals surface area contributed by atoms with Gasteiger partial charge in [0.25, 0.3) is 5.69 Å². The van der Waals surface area contributed by atoms with E-state index in [9.17, 15) is 15.4 Å². The van der Waals surface area contributed by atoms with Crippen LogP contribution in [0.5, 0.6) is 5.75 Å². The van der Waals surface area contributed by atoms with Gasteiger partial charge in [0.2, 0.25) is 0 Å². The number of ether oxygens (including phenoxy) is 1. The number of non-ortho nitro benzene ring substituents is 1. The van der Waals surface area contributed by atoms with Crippen LogP contribution < -0.4 is 10.1 Å². The molecule has 0 fully saturated rings. The first kappa shape index (κ1) is 19.1. The van der Waals surface area contributed by atoms with Crippen molar-refractivity contribution in [3.8, 4) is 23.1 Å². The lowest BCUT2D eigenvalue weighted by atomic mass is 10.1. The molecule has 1 aromatic heterocycles. The number of allylic oxidation sites excluding steroid dienone is 1. The molecule has 0 radical (unpaired) electrons. The number of benzene rings is 2. The number of hydrogen-bond acceptors (Lipinski definition) is 7. The number of hydrogen-bond donors (Lipinski definition) is 1. The highest BCUT2D eigenvalue weighted by Gasteiger charge is 2.12. The molecule has 0 aliphatic carbocycles. The van der Waals surface area contributed by atoms with Gasteiger partial charge in [-0.3, -0.25) is 10.1 Å². The zero-order valence-electron chi connectivity index (χ0n) is 15.0. The molecule has 3 aromatic rings. The molecule has 1 N–H and O–H groups in total. The molecule has 140 valence electrons. The molecule has 0 unspecified atom stereocenters.